The number of carboxylic acid groups (broad SMARTS) is 1. The smallest absolute Gasteiger partial charge is 0.309 e. The van der Waals surface area contributed by atoms with Gasteiger partial charge in [-0.2, -0.15) is 0 Å². The molecule has 7 nitrogen and oxygen atoms in total. The van der Waals surface area contributed by atoms with Crippen LogP contribution in [0.5, 0.6) is 0 Å². The number of nitrogens with zero attached hydrogens (tertiary/aromatic N) is 3. The summed E-state index contributed by atoms with van der Waals surface area (Å²) in [7, 11) is 0. The van der Waals surface area contributed by atoms with Crippen LogP contribution in [0.4, 0.5) is 0 Å². The van der Waals surface area contributed by atoms with Crippen LogP contribution in [0.1, 0.15) is 22.8 Å². The van der Waals surface area contributed by atoms with Crippen molar-refractivity contribution in [3.63, 3.8) is 0 Å². The average Bonchev–Trinajstić information content (AvgIpc) is 2.80. The van der Waals surface area contributed by atoms with Gasteiger partial charge in [-0.1, -0.05) is 18.2 Å². The minimum atomic E-state index is -0.879. The van der Waals surface area contributed by atoms with Crippen LogP contribution < -0.4 is 0 Å². The third-order valence-electron chi connectivity index (χ3n) is 5.39. The van der Waals surface area contributed by atoms with E-state index < -0.39 is 11.9 Å². The third kappa shape index (κ3) is 3.72. The molecule has 2 aliphatic rings. The molecule has 140 valence electrons. The molecule has 2 amide bonds. The van der Waals surface area contributed by atoms with Gasteiger partial charge in [0.1, 0.15) is 0 Å². The molecular formula is C19H25N3O4. The van der Waals surface area contributed by atoms with Gasteiger partial charge in [0, 0.05) is 57.8 Å². The molecular weight excluding hydrogens is 334 g/mol. The van der Waals surface area contributed by atoms with Gasteiger partial charge in [-0.25, -0.2) is 0 Å². The number of aliphatic carboxylic acids is 1. The molecule has 0 bridgehead atoms. The van der Waals surface area contributed by atoms with Crippen LogP contribution in [0.25, 0.3) is 0 Å². The van der Waals surface area contributed by atoms with Crippen molar-refractivity contribution >= 4 is 17.8 Å². The first-order chi connectivity index (χ1) is 12.4. The van der Waals surface area contributed by atoms with E-state index in [4.69, 9.17) is 0 Å². The molecule has 0 unspecified atom stereocenters. The number of rotatable bonds is 2. The second kappa shape index (κ2) is 7.45. The highest BCUT2D eigenvalue weighted by Crippen LogP contribution is 2.21. The van der Waals surface area contributed by atoms with Gasteiger partial charge in [0.2, 0.25) is 5.91 Å². The first kappa shape index (κ1) is 18.4. The lowest BCUT2D eigenvalue weighted by molar-refractivity contribution is -0.143. The maximum atomic E-state index is 12.9. The van der Waals surface area contributed by atoms with E-state index in [0.29, 0.717) is 38.3 Å². The Labute approximate surface area is 153 Å². The summed E-state index contributed by atoms with van der Waals surface area (Å²) >= 11 is 0. The first-order valence-electron chi connectivity index (χ1n) is 8.94. The lowest BCUT2D eigenvalue weighted by atomic mass is 10.1. The van der Waals surface area contributed by atoms with Crippen molar-refractivity contribution in [1.29, 1.82) is 0 Å². The van der Waals surface area contributed by atoms with Crippen LogP contribution in [-0.4, -0.2) is 82.9 Å². The van der Waals surface area contributed by atoms with E-state index in [1.54, 1.807) is 4.90 Å². The van der Waals surface area contributed by atoms with Crippen molar-refractivity contribution in [2.24, 2.45) is 5.92 Å². The van der Waals surface area contributed by atoms with Gasteiger partial charge in [0.15, 0.2) is 0 Å². The summed E-state index contributed by atoms with van der Waals surface area (Å²) < 4.78 is 0. The number of amides is 2. The van der Waals surface area contributed by atoms with Crippen LogP contribution >= 0.6 is 0 Å². The Bertz CT molecular complexity index is 720. The van der Waals surface area contributed by atoms with Crippen molar-refractivity contribution in [1.82, 2.24) is 14.7 Å². The lowest BCUT2D eigenvalue weighted by Crippen LogP contribution is -2.57. The van der Waals surface area contributed by atoms with Gasteiger partial charge in [-0.15, -0.1) is 0 Å². The largest absolute Gasteiger partial charge is 0.481 e. The molecule has 2 atom stereocenters. The first-order valence-corrected chi connectivity index (χ1v) is 8.94. The number of carbonyl (C=O) groups excluding carboxylic acids is 2. The topological polar surface area (TPSA) is 81.2 Å². The van der Waals surface area contributed by atoms with E-state index in [0.717, 1.165) is 5.56 Å². The Balaban J connectivity index is 1.78. The van der Waals surface area contributed by atoms with Crippen molar-refractivity contribution < 1.29 is 19.5 Å². The molecule has 0 radical (unpaired) electrons. The number of hydrogen-bond donors (Lipinski definition) is 1. The number of hydrogen-bond acceptors (Lipinski definition) is 4. The molecule has 7 heteroatoms. The standard InChI is InChI=1S/C19H25N3O4/c1-13-5-3-4-6-17(13)18(24)21-8-7-20-9-15(19(25)26)10-22(14(2)23)12-16(20)11-21/h3-6,15-16H,7-12H2,1-2H3,(H,25,26)/t15-,16-/m0/s1. The van der Waals surface area contributed by atoms with Crippen LogP contribution in [0.3, 0.4) is 0 Å². The molecule has 0 aromatic heterocycles. The summed E-state index contributed by atoms with van der Waals surface area (Å²) in [5.74, 6) is -1.60. The van der Waals surface area contributed by atoms with E-state index in [9.17, 15) is 19.5 Å². The summed E-state index contributed by atoms with van der Waals surface area (Å²) in [6.07, 6.45) is 0. The molecule has 0 saturated carbocycles. The molecule has 2 aliphatic heterocycles. The van der Waals surface area contributed by atoms with Gasteiger partial charge in [-0.05, 0) is 18.6 Å². The quantitative estimate of drug-likeness (QED) is 0.840. The summed E-state index contributed by atoms with van der Waals surface area (Å²) in [5.41, 5.74) is 1.64. The summed E-state index contributed by atoms with van der Waals surface area (Å²) in [6.45, 7) is 6.17. The molecule has 26 heavy (non-hydrogen) atoms. The highest BCUT2D eigenvalue weighted by atomic mass is 16.4. The van der Waals surface area contributed by atoms with Gasteiger partial charge in [0.05, 0.1) is 5.92 Å². The predicted octanol–water partition coefficient (Wildman–Crippen LogP) is 0.684. The lowest BCUT2D eigenvalue weighted by Gasteiger charge is -2.41. The highest BCUT2D eigenvalue weighted by Gasteiger charge is 2.38. The number of piperazine rings is 1. The fourth-order valence-corrected chi connectivity index (χ4v) is 3.82. The summed E-state index contributed by atoms with van der Waals surface area (Å²) in [5, 5.41) is 9.44. The number of carboxylic acids is 1. The Kier molecular flexibility index (Phi) is 5.27. The number of fused-ring (bicyclic) bond motifs is 1. The molecule has 3 rings (SSSR count). The molecule has 2 fully saturated rings. The second-order valence-corrected chi connectivity index (χ2v) is 7.17. The van der Waals surface area contributed by atoms with Crippen molar-refractivity contribution in [3.05, 3.63) is 35.4 Å². The molecule has 1 N–H and O–H groups in total. The average molecular weight is 359 g/mol. The third-order valence-corrected chi connectivity index (χ3v) is 5.39. The van der Waals surface area contributed by atoms with E-state index in [1.807, 2.05) is 36.1 Å². The second-order valence-electron chi connectivity index (χ2n) is 7.17. The van der Waals surface area contributed by atoms with E-state index in [2.05, 4.69) is 4.90 Å². The van der Waals surface area contributed by atoms with Crippen molar-refractivity contribution in [2.75, 3.05) is 39.3 Å². The summed E-state index contributed by atoms with van der Waals surface area (Å²) in [4.78, 5) is 41.9. The van der Waals surface area contributed by atoms with Crippen LogP contribution in [0, 0.1) is 12.8 Å². The monoisotopic (exact) mass is 359 g/mol. The maximum Gasteiger partial charge on any atom is 0.309 e. The van der Waals surface area contributed by atoms with Gasteiger partial charge >= 0.3 is 5.97 Å². The normalized spacial score (nSPS) is 23.9. The maximum absolute atomic E-state index is 12.9. The molecule has 0 spiro atoms. The molecule has 0 aliphatic carbocycles. The summed E-state index contributed by atoms with van der Waals surface area (Å²) in [6, 6.07) is 7.48. The Morgan fingerprint density at radius 2 is 1.69 bits per heavy atom. The highest BCUT2D eigenvalue weighted by molar-refractivity contribution is 5.95. The fourth-order valence-electron chi connectivity index (χ4n) is 3.82. The van der Waals surface area contributed by atoms with Crippen molar-refractivity contribution in [2.45, 2.75) is 19.9 Å². The predicted molar refractivity (Wildman–Crippen MR) is 95.8 cm³/mol. The Morgan fingerprint density at radius 3 is 2.35 bits per heavy atom. The zero-order valence-corrected chi connectivity index (χ0v) is 15.2. The van der Waals surface area contributed by atoms with Crippen molar-refractivity contribution in [3.8, 4) is 0 Å². The Hall–Kier alpha value is -2.41. The zero-order chi connectivity index (χ0) is 18.8. The van der Waals surface area contributed by atoms with E-state index in [-0.39, 0.29) is 24.4 Å². The zero-order valence-electron chi connectivity index (χ0n) is 15.2. The molecule has 1 aromatic carbocycles. The van der Waals surface area contributed by atoms with Gasteiger partial charge in [0.25, 0.3) is 5.91 Å². The Morgan fingerprint density at radius 1 is 1.00 bits per heavy atom. The minimum absolute atomic E-state index is 0.00356. The fraction of sp³-hybridized carbons (Fsp3) is 0.526. The molecule has 2 saturated heterocycles. The number of benzene rings is 1. The number of aryl methyl sites for hydroxylation is 1. The minimum Gasteiger partial charge on any atom is -0.481 e. The van der Waals surface area contributed by atoms with E-state index >= 15 is 0 Å². The molecule has 1 aromatic rings. The van der Waals surface area contributed by atoms with Crippen LogP contribution in [-0.2, 0) is 9.59 Å². The molecule has 2 heterocycles. The van der Waals surface area contributed by atoms with Gasteiger partial charge < -0.3 is 14.9 Å². The van der Waals surface area contributed by atoms with Gasteiger partial charge in [-0.3, -0.25) is 19.3 Å². The number of carbonyl (C=O) groups is 3. The van der Waals surface area contributed by atoms with Crippen LogP contribution in [0.15, 0.2) is 24.3 Å². The SMILES string of the molecule is CC(=O)N1C[C@@H](C(=O)O)CN2CCN(C(=O)c3ccccc3C)C[C@H]2C1. The van der Waals surface area contributed by atoms with Crippen LogP contribution in [0.2, 0.25) is 0 Å². The van der Waals surface area contributed by atoms with E-state index in [1.165, 1.54) is 6.92 Å².